The Kier molecular flexibility index (Phi) is 5.46. The molecule has 1 unspecified atom stereocenters. The molecule has 0 spiro atoms. The summed E-state index contributed by atoms with van der Waals surface area (Å²) < 4.78 is 2.17. The third-order valence-corrected chi connectivity index (χ3v) is 3.88. The highest BCUT2D eigenvalue weighted by Crippen LogP contribution is 2.24. The van der Waals surface area contributed by atoms with Crippen molar-refractivity contribution < 1.29 is 0 Å². The molecular weight excluding hydrogens is 232 g/mol. The zero-order valence-corrected chi connectivity index (χ0v) is 12.3. The molecule has 0 saturated carbocycles. The number of aryl methyl sites for hydroxylation is 1. The second-order valence-electron chi connectivity index (χ2n) is 5.18. The number of aromatic nitrogens is 3. The normalized spacial score (nSPS) is 13.9. The van der Waals surface area contributed by atoms with Crippen molar-refractivity contribution in [1.82, 2.24) is 20.1 Å². The lowest BCUT2D eigenvalue weighted by molar-refractivity contribution is 0.540. The van der Waals surface area contributed by atoms with Gasteiger partial charge in [-0.1, -0.05) is 27.7 Å². The van der Waals surface area contributed by atoms with Crippen LogP contribution in [0.5, 0.6) is 0 Å². The summed E-state index contributed by atoms with van der Waals surface area (Å²) in [4.78, 5) is 4.28. The Morgan fingerprint density at radius 3 is 2.65 bits per heavy atom. The molecule has 98 valence electrons. The first kappa shape index (κ1) is 14.5. The number of nitrogens with zero attached hydrogens (tertiary/aromatic N) is 3. The monoisotopic (exact) mass is 256 g/mol. The fraction of sp³-hybridized carbons (Fsp3) is 0.833. The van der Waals surface area contributed by atoms with E-state index in [2.05, 4.69) is 43.1 Å². The average Bonchev–Trinajstić information content (AvgIpc) is 2.60. The van der Waals surface area contributed by atoms with Crippen LogP contribution in [0.3, 0.4) is 0 Å². The first-order chi connectivity index (χ1) is 7.92. The van der Waals surface area contributed by atoms with Crippen LogP contribution in [0.2, 0.25) is 0 Å². The van der Waals surface area contributed by atoms with Crippen LogP contribution in [0.4, 0.5) is 0 Å². The lowest BCUT2D eigenvalue weighted by Gasteiger charge is -2.23. The number of hydrogen-bond acceptors (Lipinski definition) is 4. The lowest BCUT2D eigenvalue weighted by atomic mass is 10.2. The van der Waals surface area contributed by atoms with Gasteiger partial charge in [0.15, 0.2) is 0 Å². The first-order valence-electron chi connectivity index (χ1n) is 6.12. The minimum absolute atomic E-state index is 0.313. The molecule has 17 heavy (non-hydrogen) atoms. The van der Waals surface area contributed by atoms with Crippen LogP contribution in [0.25, 0.3) is 0 Å². The quantitative estimate of drug-likeness (QED) is 0.844. The standard InChI is InChI=1S/C12H24N4S/c1-6-13-10(8-17-12(2,3)4)7-11-14-9-15-16(11)5/h9-10,13H,6-8H2,1-5H3. The molecule has 5 heteroatoms. The summed E-state index contributed by atoms with van der Waals surface area (Å²) in [7, 11) is 1.95. The molecule has 0 saturated heterocycles. The van der Waals surface area contributed by atoms with Crippen molar-refractivity contribution in [3.05, 3.63) is 12.2 Å². The molecular formula is C12H24N4S. The molecule has 1 N–H and O–H groups in total. The zero-order valence-electron chi connectivity index (χ0n) is 11.5. The van der Waals surface area contributed by atoms with Gasteiger partial charge in [0.1, 0.15) is 12.2 Å². The number of thioether (sulfide) groups is 1. The van der Waals surface area contributed by atoms with E-state index in [4.69, 9.17) is 0 Å². The van der Waals surface area contributed by atoms with Gasteiger partial charge in [-0.3, -0.25) is 4.68 Å². The number of likely N-dealkylation sites (N-methyl/N-ethyl adjacent to an activating group) is 1. The van der Waals surface area contributed by atoms with Crippen LogP contribution < -0.4 is 5.32 Å². The van der Waals surface area contributed by atoms with E-state index >= 15 is 0 Å². The molecule has 4 nitrogen and oxygen atoms in total. The largest absolute Gasteiger partial charge is 0.313 e. The smallest absolute Gasteiger partial charge is 0.138 e. The molecule has 0 fully saturated rings. The van der Waals surface area contributed by atoms with Crippen LogP contribution in [0.15, 0.2) is 6.33 Å². The Labute approximate surface area is 109 Å². The van der Waals surface area contributed by atoms with Crippen molar-refractivity contribution in [2.24, 2.45) is 7.05 Å². The van der Waals surface area contributed by atoms with Gasteiger partial charge in [0.2, 0.25) is 0 Å². The van der Waals surface area contributed by atoms with Gasteiger partial charge in [0.05, 0.1) is 0 Å². The predicted molar refractivity (Wildman–Crippen MR) is 74.4 cm³/mol. The highest BCUT2D eigenvalue weighted by molar-refractivity contribution is 8.00. The average molecular weight is 256 g/mol. The summed E-state index contributed by atoms with van der Waals surface area (Å²) >= 11 is 1.99. The molecule has 1 atom stereocenters. The van der Waals surface area contributed by atoms with Crippen molar-refractivity contribution in [1.29, 1.82) is 0 Å². The Hall–Kier alpha value is -0.550. The van der Waals surface area contributed by atoms with Gasteiger partial charge in [-0.2, -0.15) is 16.9 Å². The summed E-state index contributed by atoms with van der Waals surface area (Å²) in [6.07, 6.45) is 2.56. The van der Waals surface area contributed by atoms with Crippen LogP contribution >= 0.6 is 11.8 Å². The number of nitrogens with one attached hydrogen (secondary N) is 1. The lowest BCUT2D eigenvalue weighted by Crippen LogP contribution is -2.35. The van der Waals surface area contributed by atoms with E-state index in [1.165, 1.54) is 0 Å². The Morgan fingerprint density at radius 2 is 2.18 bits per heavy atom. The van der Waals surface area contributed by atoms with Gasteiger partial charge in [-0.05, 0) is 6.54 Å². The van der Waals surface area contributed by atoms with Crippen molar-refractivity contribution in [3.63, 3.8) is 0 Å². The molecule has 0 aliphatic heterocycles. The van der Waals surface area contributed by atoms with Crippen molar-refractivity contribution >= 4 is 11.8 Å². The minimum atomic E-state index is 0.313. The zero-order chi connectivity index (χ0) is 12.9. The third kappa shape index (κ3) is 5.55. The SMILES string of the molecule is CCNC(CSC(C)(C)C)Cc1ncnn1C. The topological polar surface area (TPSA) is 42.7 Å². The van der Waals surface area contributed by atoms with Gasteiger partial charge in [-0.25, -0.2) is 4.98 Å². The first-order valence-corrected chi connectivity index (χ1v) is 7.11. The summed E-state index contributed by atoms with van der Waals surface area (Å²) in [5.41, 5.74) is 0. The second-order valence-corrected chi connectivity index (χ2v) is 7.03. The molecule has 1 aromatic rings. The molecule has 1 aromatic heterocycles. The maximum atomic E-state index is 4.28. The van der Waals surface area contributed by atoms with Gasteiger partial charge < -0.3 is 5.32 Å². The maximum absolute atomic E-state index is 4.28. The summed E-state index contributed by atoms with van der Waals surface area (Å²) in [6, 6.07) is 0.465. The third-order valence-electron chi connectivity index (χ3n) is 2.44. The Bertz CT molecular complexity index is 329. The minimum Gasteiger partial charge on any atom is -0.313 e. The molecule has 0 aromatic carbocycles. The Balaban J connectivity index is 2.51. The molecule has 0 radical (unpaired) electrons. The van der Waals surface area contributed by atoms with E-state index in [9.17, 15) is 0 Å². The van der Waals surface area contributed by atoms with E-state index in [0.29, 0.717) is 10.8 Å². The van der Waals surface area contributed by atoms with Crippen LogP contribution in [0, 0.1) is 0 Å². The summed E-state index contributed by atoms with van der Waals surface area (Å²) in [5, 5.41) is 7.63. The van der Waals surface area contributed by atoms with Crippen molar-refractivity contribution in [2.75, 3.05) is 12.3 Å². The Morgan fingerprint density at radius 1 is 1.47 bits per heavy atom. The maximum Gasteiger partial charge on any atom is 0.138 e. The summed E-state index contributed by atoms with van der Waals surface area (Å²) in [5.74, 6) is 2.15. The number of hydrogen-bond donors (Lipinski definition) is 1. The molecule has 1 rings (SSSR count). The predicted octanol–water partition coefficient (Wildman–Crippen LogP) is 1.87. The highest BCUT2D eigenvalue weighted by atomic mass is 32.2. The summed E-state index contributed by atoms with van der Waals surface area (Å²) in [6.45, 7) is 9.90. The van der Waals surface area contributed by atoms with Crippen molar-refractivity contribution in [3.8, 4) is 0 Å². The highest BCUT2D eigenvalue weighted by Gasteiger charge is 2.17. The molecule has 0 aliphatic rings. The van der Waals surface area contributed by atoms with E-state index in [1.807, 2.05) is 23.5 Å². The van der Waals surface area contributed by atoms with Crippen molar-refractivity contribution in [2.45, 2.75) is 44.9 Å². The molecule has 0 amide bonds. The van der Waals surface area contributed by atoms with Crippen LogP contribution in [0.1, 0.15) is 33.5 Å². The van der Waals surface area contributed by atoms with E-state index in [1.54, 1.807) is 6.33 Å². The van der Waals surface area contributed by atoms with Gasteiger partial charge >= 0.3 is 0 Å². The van der Waals surface area contributed by atoms with Crippen LogP contribution in [-0.2, 0) is 13.5 Å². The number of rotatable bonds is 6. The molecule has 0 aliphatic carbocycles. The second kappa shape index (κ2) is 6.40. The fourth-order valence-corrected chi connectivity index (χ4v) is 2.49. The van der Waals surface area contributed by atoms with E-state index in [-0.39, 0.29) is 0 Å². The van der Waals surface area contributed by atoms with Gasteiger partial charge in [0.25, 0.3) is 0 Å². The fourth-order valence-electron chi connectivity index (χ4n) is 1.55. The molecule has 0 bridgehead atoms. The molecule has 1 heterocycles. The van der Waals surface area contributed by atoms with E-state index in [0.717, 1.165) is 24.5 Å². The van der Waals surface area contributed by atoms with E-state index < -0.39 is 0 Å². The van der Waals surface area contributed by atoms with Crippen LogP contribution in [-0.4, -0.2) is 37.9 Å². The van der Waals surface area contributed by atoms with Gasteiger partial charge in [-0.15, -0.1) is 0 Å². The van der Waals surface area contributed by atoms with Gasteiger partial charge in [0, 0.05) is 30.0 Å².